The molecule has 194 valence electrons. The Balaban J connectivity index is 0.000000214. The third-order valence-corrected chi connectivity index (χ3v) is 5.58. The third-order valence-electron chi connectivity index (χ3n) is 5.58. The molecular formula is C26H36N6O4. The lowest BCUT2D eigenvalue weighted by atomic mass is 9.89. The summed E-state index contributed by atoms with van der Waals surface area (Å²) >= 11 is 0. The number of ether oxygens (including phenoxy) is 2. The Morgan fingerprint density at radius 1 is 1.11 bits per heavy atom. The molecule has 36 heavy (non-hydrogen) atoms. The van der Waals surface area contributed by atoms with Crippen molar-refractivity contribution in [1.29, 1.82) is 0 Å². The van der Waals surface area contributed by atoms with E-state index < -0.39 is 11.6 Å². The molecule has 0 radical (unpaired) electrons. The van der Waals surface area contributed by atoms with E-state index in [-0.39, 0.29) is 17.6 Å². The van der Waals surface area contributed by atoms with Gasteiger partial charge in [0.15, 0.2) is 17.2 Å². The topological polar surface area (TPSA) is 134 Å². The highest BCUT2D eigenvalue weighted by Gasteiger charge is 2.18. The van der Waals surface area contributed by atoms with Crippen LogP contribution >= 0.6 is 0 Å². The first kappa shape index (κ1) is 26.9. The Bertz CT molecular complexity index is 1150. The summed E-state index contributed by atoms with van der Waals surface area (Å²) in [5.74, 6) is 0.428. The Hall–Kier alpha value is -3.69. The molecule has 0 bridgehead atoms. The Morgan fingerprint density at radius 2 is 1.81 bits per heavy atom. The van der Waals surface area contributed by atoms with E-state index in [0.717, 1.165) is 12.1 Å². The van der Waals surface area contributed by atoms with E-state index in [0.29, 0.717) is 23.9 Å². The largest absolute Gasteiger partial charge is 0.461 e. The van der Waals surface area contributed by atoms with Gasteiger partial charge in [-0.25, -0.2) is 19.6 Å². The van der Waals surface area contributed by atoms with E-state index in [1.54, 1.807) is 36.1 Å². The minimum atomic E-state index is -0.480. The molecule has 0 spiro atoms. The van der Waals surface area contributed by atoms with Crippen LogP contribution in [0.25, 0.3) is 16.9 Å². The molecule has 10 nitrogen and oxygen atoms in total. The lowest BCUT2D eigenvalue weighted by molar-refractivity contribution is 0.0507. The number of anilines is 1. The van der Waals surface area contributed by atoms with Crippen molar-refractivity contribution in [3.63, 3.8) is 0 Å². The minimum Gasteiger partial charge on any atom is -0.461 e. The molecule has 1 amide bonds. The summed E-state index contributed by atoms with van der Waals surface area (Å²) in [4.78, 5) is 35.5. The molecule has 1 aliphatic carbocycles. The number of fused-ring (bicyclic) bond motifs is 1. The smallest absolute Gasteiger partial charge is 0.407 e. The minimum absolute atomic E-state index is 0.206. The summed E-state index contributed by atoms with van der Waals surface area (Å²) < 4.78 is 11.8. The molecule has 0 unspecified atom stereocenters. The van der Waals surface area contributed by atoms with E-state index in [1.807, 2.05) is 32.9 Å². The van der Waals surface area contributed by atoms with Crippen molar-refractivity contribution in [2.75, 3.05) is 18.9 Å². The summed E-state index contributed by atoms with van der Waals surface area (Å²) in [7, 11) is 0. The quantitative estimate of drug-likeness (QED) is 0.488. The normalized spacial score (nSPS) is 14.0. The van der Waals surface area contributed by atoms with Gasteiger partial charge in [0.05, 0.1) is 12.3 Å². The number of carbonyl (C=O) groups is 2. The Labute approximate surface area is 211 Å². The third kappa shape index (κ3) is 7.93. The van der Waals surface area contributed by atoms with Gasteiger partial charge in [0.1, 0.15) is 5.60 Å². The molecule has 3 aromatic rings. The average molecular weight is 497 g/mol. The highest BCUT2D eigenvalue weighted by molar-refractivity contribution is 5.88. The summed E-state index contributed by atoms with van der Waals surface area (Å²) in [5, 5.41) is 2.85. The van der Waals surface area contributed by atoms with Gasteiger partial charge in [-0.2, -0.15) is 0 Å². The summed E-state index contributed by atoms with van der Waals surface area (Å²) in [6, 6.07) is 3.66. The van der Waals surface area contributed by atoms with Crippen LogP contribution in [0.4, 0.5) is 10.6 Å². The van der Waals surface area contributed by atoms with Crippen molar-refractivity contribution in [2.24, 2.45) is 5.92 Å². The first-order valence-corrected chi connectivity index (χ1v) is 12.4. The second-order valence-corrected chi connectivity index (χ2v) is 9.71. The number of esters is 1. The van der Waals surface area contributed by atoms with E-state index in [2.05, 4.69) is 20.3 Å². The molecule has 3 aromatic heterocycles. The number of nitrogens with two attached hydrogens (primary N) is 1. The number of nitrogens with zero attached hydrogens (tertiary/aromatic N) is 4. The van der Waals surface area contributed by atoms with Crippen LogP contribution in [0, 0.1) is 5.92 Å². The van der Waals surface area contributed by atoms with Crippen molar-refractivity contribution in [2.45, 2.75) is 65.4 Å². The van der Waals surface area contributed by atoms with Crippen LogP contribution in [0.2, 0.25) is 0 Å². The average Bonchev–Trinajstić information content (AvgIpc) is 3.29. The number of imidazole rings is 1. The van der Waals surface area contributed by atoms with E-state index in [4.69, 9.17) is 15.2 Å². The maximum Gasteiger partial charge on any atom is 0.407 e. The molecule has 3 heterocycles. The SMILES string of the molecule is CC(C)(C)OC(=O)NCC1CCCCC1.CCOC(=O)c1cn2cc(-c3ccncc3)nc(N)c2n1. The van der Waals surface area contributed by atoms with Gasteiger partial charge in [-0.3, -0.25) is 4.98 Å². The number of hydrogen-bond donors (Lipinski definition) is 2. The molecule has 0 aromatic carbocycles. The van der Waals surface area contributed by atoms with Crippen LogP contribution in [0.1, 0.15) is 70.3 Å². The van der Waals surface area contributed by atoms with Gasteiger partial charge in [-0.1, -0.05) is 19.3 Å². The molecular weight excluding hydrogens is 460 g/mol. The standard InChI is InChI=1S/C14H13N5O2.C12H23NO2/c1-2-21-14(20)11-8-19-7-10(9-3-5-16-6-4-9)17-12(15)13(19)18-11;1-12(2,3)15-11(14)13-9-10-7-5-4-6-8-10/h3-8H,2H2,1H3,(H2,15,17);10H,4-9H2,1-3H3,(H,13,14). The molecule has 0 atom stereocenters. The van der Waals surface area contributed by atoms with Gasteiger partial charge < -0.3 is 24.9 Å². The zero-order valence-corrected chi connectivity index (χ0v) is 21.5. The fourth-order valence-corrected chi connectivity index (χ4v) is 3.92. The molecule has 10 heteroatoms. The second-order valence-electron chi connectivity index (χ2n) is 9.71. The van der Waals surface area contributed by atoms with Crippen LogP contribution in [0.5, 0.6) is 0 Å². The summed E-state index contributed by atoms with van der Waals surface area (Å²) in [6.07, 6.45) is 12.9. The first-order valence-electron chi connectivity index (χ1n) is 12.4. The van der Waals surface area contributed by atoms with Gasteiger partial charge in [-0.05, 0) is 58.6 Å². The number of rotatable bonds is 5. The maximum absolute atomic E-state index is 11.7. The highest BCUT2D eigenvalue weighted by atomic mass is 16.6. The fourth-order valence-electron chi connectivity index (χ4n) is 3.92. The molecule has 1 aliphatic rings. The molecule has 1 saturated carbocycles. The first-order chi connectivity index (χ1) is 17.2. The lowest BCUT2D eigenvalue weighted by Crippen LogP contribution is -2.35. The Kier molecular flexibility index (Phi) is 9.21. The van der Waals surface area contributed by atoms with Gasteiger partial charge in [0.25, 0.3) is 0 Å². The van der Waals surface area contributed by atoms with Crippen LogP contribution in [-0.4, -0.2) is 50.2 Å². The fraction of sp³-hybridized carbons (Fsp3) is 0.500. The van der Waals surface area contributed by atoms with Crippen molar-refractivity contribution >= 4 is 23.5 Å². The maximum atomic E-state index is 11.7. The van der Waals surface area contributed by atoms with E-state index in [1.165, 1.54) is 32.1 Å². The van der Waals surface area contributed by atoms with Crippen molar-refractivity contribution in [3.8, 4) is 11.3 Å². The van der Waals surface area contributed by atoms with Crippen molar-refractivity contribution < 1.29 is 19.1 Å². The highest BCUT2D eigenvalue weighted by Crippen LogP contribution is 2.23. The molecule has 1 fully saturated rings. The summed E-state index contributed by atoms with van der Waals surface area (Å²) in [5.41, 5.74) is 7.72. The van der Waals surface area contributed by atoms with Gasteiger partial charge in [0, 0.05) is 36.9 Å². The number of alkyl carbamates (subject to hydrolysis) is 1. The van der Waals surface area contributed by atoms with Gasteiger partial charge >= 0.3 is 12.1 Å². The molecule has 0 saturated heterocycles. The number of hydrogen-bond acceptors (Lipinski definition) is 8. The zero-order chi connectivity index (χ0) is 26.1. The number of carbonyl (C=O) groups excluding carboxylic acids is 2. The van der Waals surface area contributed by atoms with Crippen molar-refractivity contribution in [1.82, 2.24) is 24.7 Å². The van der Waals surface area contributed by atoms with Crippen LogP contribution in [0.3, 0.4) is 0 Å². The number of amides is 1. The van der Waals surface area contributed by atoms with Crippen LogP contribution in [-0.2, 0) is 9.47 Å². The molecule has 0 aliphatic heterocycles. The number of nitrogen functional groups attached to an aromatic ring is 1. The van der Waals surface area contributed by atoms with Crippen molar-refractivity contribution in [3.05, 3.63) is 42.6 Å². The van der Waals surface area contributed by atoms with Gasteiger partial charge in [-0.15, -0.1) is 0 Å². The number of aromatic nitrogens is 4. The van der Waals surface area contributed by atoms with E-state index in [9.17, 15) is 9.59 Å². The predicted octanol–water partition coefficient (Wildman–Crippen LogP) is 4.64. The monoisotopic (exact) mass is 496 g/mol. The Morgan fingerprint density at radius 3 is 2.44 bits per heavy atom. The number of pyridine rings is 1. The van der Waals surface area contributed by atoms with Crippen LogP contribution < -0.4 is 11.1 Å². The second kappa shape index (κ2) is 12.3. The molecule has 4 rings (SSSR count). The summed E-state index contributed by atoms with van der Waals surface area (Å²) in [6.45, 7) is 8.45. The number of nitrogens with one attached hydrogen (secondary N) is 1. The molecule has 3 N–H and O–H groups in total. The lowest BCUT2D eigenvalue weighted by Gasteiger charge is -2.24. The predicted molar refractivity (Wildman–Crippen MR) is 137 cm³/mol. The zero-order valence-electron chi connectivity index (χ0n) is 21.5. The van der Waals surface area contributed by atoms with E-state index >= 15 is 0 Å². The van der Waals surface area contributed by atoms with Gasteiger partial charge in [0.2, 0.25) is 0 Å². The van der Waals surface area contributed by atoms with Crippen LogP contribution in [0.15, 0.2) is 36.9 Å².